The number of halogens is 1. The second-order valence-electron chi connectivity index (χ2n) is 6.25. The van der Waals surface area contributed by atoms with Gasteiger partial charge in [-0.1, -0.05) is 26.0 Å². The molecular formula is C18H30IN3OS. The number of hydrogen-bond donors (Lipinski definition) is 2. The maximum absolute atomic E-state index is 9.53. The van der Waals surface area contributed by atoms with Gasteiger partial charge in [0.1, 0.15) is 5.75 Å². The number of phenols is 1. The molecule has 1 aliphatic heterocycles. The summed E-state index contributed by atoms with van der Waals surface area (Å²) in [5, 5.41) is 13.6. The Hall–Kier alpha value is -0.630. The number of rotatable bonds is 5. The second kappa shape index (κ2) is 11.1. The molecule has 0 saturated carbocycles. The maximum atomic E-state index is 9.53. The summed E-state index contributed by atoms with van der Waals surface area (Å²) in [6.07, 6.45) is 0.847. The third kappa shape index (κ3) is 6.70. The molecule has 1 aromatic rings. The molecule has 136 valence electrons. The molecule has 0 amide bonds. The summed E-state index contributed by atoms with van der Waals surface area (Å²) in [6, 6.07) is 7.44. The highest BCUT2D eigenvalue weighted by atomic mass is 127. The van der Waals surface area contributed by atoms with Crippen LogP contribution in [0.25, 0.3) is 0 Å². The van der Waals surface area contributed by atoms with E-state index in [1.165, 1.54) is 5.75 Å². The molecule has 0 aliphatic carbocycles. The molecule has 4 nitrogen and oxygen atoms in total. The number of thioether (sulfide) groups is 1. The van der Waals surface area contributed by atoms with Gasteiger partial charge in [-0.15, -0.1) is 24.0 Å². The predicted octanol–water partition coefficient (Wildman–Crippen LogP) is 3.59. The average molecular weight is 463 g/mol. The fourth-order valence-corrected chi connectivity index (χ4v) is 4.00. The summed E-state index contributed by atoms with van der Waals surface area (Å²) < 4.78 is 0. The molecule has 24 heavy (non-hydrogen) atoms. The van der Waals surface area contributed by atoms with E-state index in [4.69, 9.17) is 4.99 Å². The normalized spacial score (nSPS) is 18.4. The number of benzene rings is 1. The van der Waals surface area contributed by atoms with Crippen molar-refractivity contribution < 1.29 is 5.11 Å². The SMILES string of the molecule is CCNC(=NCCc1cccc(O)c1)N1CCSC(C(C)C)C1.I. The fourth-order valence-electron chi connectivity index (χ4n) is 2.70. The van der Waals surface area contributed by atoms with E-state index in [0.717, 1.165) is 44.1 Å². The molecular weight excluding hydrogens is 433 g/mol. The van der Waals surface area contributed by atoms with Gasteiger partial charge in [0.05, 0.1) is 0 Å². The molecule has 2 N–H and O–H groups in total. The van der Waals surface area contributed by atoms with Crippen LogP contribution in [0.4, 0.5) is 0 Å². The number of nitrogens with zero attached hydrogens (tertiary/aromatic N) is 2. The Morgan fingerprint density at radius 2 is 2.25 bits per heavy atom. The zero-order chi connectivity index (χ0) is 16.7. The summed E-state index contributed by atoms with van der Waals surface area (Å²) in [4.78, 5) is 7.19. The Bertz CT molecular complexity index is 525. The van der Waals surface area contributed by atoms with Crippen LogP contribution in [0.1, 0.15) is 26.3 Å². The van der Waals surface area contributed by atoms with Gasteiger partial charge in [0, 0.05) is 37.2 Å². The lowest BCUT2D eigenvalue weighted by Crippen LogP contribution is -2.49. The lowest BCUT2D eigenvalue weighted by atomic mass is 10.1. The van der Waals surface area contributed by atoms with Crippen molar-refractivity contribution in [3.8, 4) is 5.75 Å². The summed E-state index contributed by atoms with van der Waals surface area (Å²) in [5.41, 5.74) is 1.12. The molecule has 1 unspecified atom stereocenters. The Labute approximate surface area is 167 Å². The largest absolute Gasteiger partial charge is 0.508 e. The Morgan fingerprint density at radius 1 is 1.46 bits per heavy atom. The Kier molecular flexibility index (Phi) is 9.88. The van der Waals surface area contributed by atoms with Gasteiger partial charge in [-0.05, 0) is 37.0 Å². The minimum atomic E-state index is 0. The average Bonchev–Trinajstić information content (AvgIpc) is 2.54. The zero-order valence-corrected chi connectivity index (χ0v) is 18.0. The minimum absolute atomic E-state index is 0. The molecule has 2 rings (SSSR count). The highest BCUT2D eigenvalue weighted by Gasteiger charge is 2.24. The first kappa shape index (κ1) is 21.4. The van der Waals surface area contributed by atoms with Crippen LogP contribution in [0.2, 0.25) is 0 Å². The molecule has 1 aliphatic rings. The number of aliphatic imine (C=N–C) groups is 1. The van der Waals surface area contributed by atoms with E-state index < -0.39 is 0 Å². The van der Waals surface area contributed by atoms with E-state index in [-0.39, 0.29) is 24.0 Å². The van der Waals surface area contributed by atoms with Gasteiger partial charge in [-0.3, -0.25) is 4.99 Å². The summed E-state index contributed by atoms with van der Waals surface area (Å²) in [6.45, 7) is 10.5. The predicted molar refractivity (Wildman–Crippen MR) is 116 cm³/mol. The van der Waals surface area contributed by atoms with Crippen molar-refractivity contribution in [3.05, 3.63) is 29.8 Å². The van der Waals surface area contributed by atoms with Crippen LogP contribution in [-0.4, -0.2) is 53.1 Å². The minimum Gasteiger partial charge on any atom is -0.508 e. The van der Waals surface area contributed by atoms with Gasteiger partial charge in [-0.25, -0.2) is 0 Å². The summed E-state index contributed by atoms with van der Waals surface area (Å²) >= 11 is 2.08. The molecule has 1 fully saturated rings. The van der Waals surface area contributed by atoms with Gasteiger partial charge in [0.15, 0.2) is 5.96 Å². The van der Waals surface area contributed by atoms with Gasteiger partial charge in [0.25, 0.3) is 0 Å². The quantitative estimate of drug-likeness (QED) is 0.398. The van der Waals surface area contributed by atoms with Crippen molar-refractivity contribution in [1.29, 1.82) is 0 Å². The van der Waals surface area contributed by atoms with E-state index in [1.54, 1.807) is 6.07 Å². The lowest BCUT2D eigenvalue weighted by molar-refractivity contribution is 0.381. The molecule has 1 aromatic carbocycles. The number of guanidine groups is 1. The molecule has 6 heteroatoms. The molecule has 0 spiro atoms. The lowest BCUT2D eigenvalue weighted by Gasteiger charge is -2.36. The van der Waals surface area contributed by atoms with Crippen LogP contribution in [0, 0.1) is 5.92 Å². The molecule has 1 heterocycles. The fraction of sp³-hybridized carbons (Fsp3) is 0.611. The number of aromatic hydroxyl groups is 1. The summed E-state index contributed by atoms with van der Waals surface area (Å²) in [7, 11) is 0. The number of hydrogen-bond acceptors (Lipinski definition) is 3. The number of phenolic OH excluding ortho intramolecular Hbond substituents is 1. The zero-order valence-electron chi connectivity index (χ0n) is 14.9. The van der Waals surface area contributed by atoms with Crippen molar-refractivity contribution >= 4 is 41.7 Å². The van der Waals surface area contributed by atoms with Crippen LogP contribution in [0.15, 0.2) is 29.3 Å². The molecule has 0 aromatic heterocycles. The van der Waals surface area contributed by atoms with E-state index in [1.807, 2.05) is 18.2 Å². The number of nitrogens with one attached hydrogen (secondary N) is 1. The second-order valence-corrected chi connectivity index (χ2v) is 7.60. The van der Waals surface area contributed by atoms with Crippen molar-refractivity contribution in [1.82, 2.24) is 10.2 Å². The van der Waals surface area contributed by atoms with Crippen LogP contribution in [0.5, 0.6) is 5.75 Å². The van der Waals surface area contributed by atoms with E-state index in [2.05, 4.69) is 42.7 Å². The van der Waals surface area contributed by atoms with Crippen LogP contribution in [-0.2, 0) is 6.42 Å². The first-order valence-corrected chi connectivity index (χ1v) is 9.57. The monoisotopic (exact) mass is 463 g/mol. The molecule has 1 atom stereocenters. The van der Waals surface area contributed by atoms with Crippen molar-refractivity contribution in [2.24, 2.45) is 10.9 Å². The van der Waals surface area contributed by atoms with Crippen molar-refractivity contribution in [2.75, 3.05) is 31.9 Å². The summed E-state index contributed by atoms with van der Waals surface area (Å²) in [5.74, 6) is 3.21. The van der Waals surface area contributed by atoms with Gasteiger partial charge >= 0.3 is 0 Å². The van der Waals surface area contributed by atoms with E-state index in [0.29, 0.717) is 16.9 Å². The van der Waals surface area contributed by atoms with Crippen LogP contribution < -0.4 is 5.32 Å². The topological polar surface area (TPSA) is 47.9 Å². The molecule has 1 saturated heterocycles. The van der Waals surface area contributed by atoms with E-state index in [9.17, 15) is 5.11 Å². The molecule has 0 bridgehead atoms. The third-order valence-electron chi connectivity index (χ3n) is 4.04. The van der Waals surface area contributed by atoms with Crippen molar-refractivity contribution in [2.45, 2.75) is 32.4 Å². The van der Waals surface area contributed by atoms with Gasteiger partial charge < -0.3 is 15.3 Å². The van der Waals surface area contributed by atoms with Crippen LogP contribution >= 0.6 is 35.7 Å². The Balaban J connectivity index is 0.00000288. The smallest absolute Gasteiger partial charge is 0.193 e. The highest BCUT2D eigenvalue weighted by molar-refractivity contribution is 14.0. The van der Waals surface area contributed by atoms with Crippen LogP contribution in [0.3, 0.4) is 0 Å². The highest BCUT2D eigenvalue weighted by Crippen LogP contribution is 2.24. The first-order valence-electron chi connectivity index (χ1n) is 8.53. The van der Waals surface area contributed by atoms with Crippen molar-refractivity contribution in [3.63, 3.8) is 0 Å². The third-order valence-corrected chi connectivity index (χ3v) is 5.58. The van der Waals surface area contributed by atoms with Gasteiger partial charge in [0.2, 0.25) is 0 Å². The van der Waals surface area contributed by atoms with E-state index >= 15 is 0 Å². The standard InChI is InChI=1S/C18H29N3OS.HI/c1-4-19-18(21-10-11-23-17(13-21)14(2)3)20-9-8-15-6-5-7-16(22)12-15;/h5-7,12,14,17,22H,4,8-11,13H2,1-3H3,(H,19,20);1H. The van der Waals surface area contributed by atoms with Gasteiger partial charge in [-0.2, -0.15) is 11.8 Å². The molecule has 0 radical (unpaired) electrons. The Morgan fingerprint density at radius 3 is 2.92 bits per heavy atom. The first-order chi connectivity index (χ1) is 11.1. The maximum Gasteiger partial charge on any atom is 0.193 e.